The van der Waals surface area contributed by atoms with Crippen molar-refractivity contribution in [2.24, 2.45) is 11.8 Å². The normalized spacial score (nSPS) is 15.2. The Bertz CT molecular complexity index is 124. The first-order chi connectivity index (χ1) is 5.43. The van der Waals surface area contributed by atoms with E-state index in [1.807, 2.05) is 13.8 Å². The molecule has 0 aromatic rings. The Balaban J connectivity index is 4.01. The third kappa shape index (κ3) is 4.24. The fourth-order valence-corrected chi connectivity index (χ4v) is 1.46. The summed E-state index contributed by atoms with van der Waals surface area (Å²) in [7, 11) is 0. The van der Waals surface area contributed by atoms with E-state index in [4.69, 9.17) is 11.6 Å². The van der Waals surface area contributed by atoms with Crippen LogP contribution < -0.4 is 0 Å². The molecule has 0 fully saturated rings. The van der Waals surface area contributed by atoms with E-state index in [9.17, 15) is 8.78 Å². The fraction of sp³-hybridized carbons (Fsp3) is 1.00. The summed E-state index contributed by atoms with van der Waals surface area (Å²) in [6.45, 7) is 5.36. The smallest absolute Gasteiger partial charge is 0.207 e. The number of rotatable bonds is 5. The Morgan fingerprint density at radius 3 is 2.08 bits per heavy atom. The van der Waals surface area contributed by atoms with Crippen molar-refractivity contribution in [3.63, 3.8) is 0 Å². The third-order valence-corrected chi connectivity index (χ3v) is 2.62. The van der Waals surface area contributed by atoms with E-state index >= 15 is 0 Å². The molecule has 0 spiro atoms. The van der Waals surface area contributed by atoms with Crippen LogP contribution in [0.25, 0.3) is 0 Å². The molecular formula is C9H17ClF2. The summed E-state index contributed by atoms with van der Waals surface area (Å²) in [5, 5.41) is 0. The lowest BCUT2D eigenvalue weighted by atomic mass is 9.91. The molecule has 0 aliphatic rings. The summed E-state index contributed by atoms with van der Waals surface area (Å²) in [4.78, 5) is 0. The maximum absolute atomic E-state index is 12.9. The molecule has 0 saturated heterocycles. The van der Waals surface area contributed by atoms with Gasteiger partial charge in [-0.1, -0.05) is 20.8 Å². The highest BCUT2D eigenvalue weighted by Crippen LogP contribution is 2.30. The summed E-state index contributed by atoms with van der Waals surface area (Å²) in [6, 6.07) is 0. The van der Waals surface area contributed by atoms with Crippen molar-refractivity contribution in [1.82, 2.24) is 0 Å². The summed E-state index contributed by atoms with van der Waals surface area (Å²) in [6.07, 6.45) is -0.169. The first-order valence-corrected chi connectivity index (χ1v) is 4.90. The molecule has 1 unspecified atom stereocenters. The zero-order valence-electron chi connectivity index (χ0n) is 7.91. The molecule has 0 bridgehead atoms. The van der Waals surface area contributed by atoms with Crippen molar-refractivity contribution in [3.8, 4) is 0 Å². The molecule has 0 heterocycles. The Kier molecular flexibility index (Phi) is 5.07. The number of halogens is 3. The standard InChI is InChI=1S/C9H17ClF2/c1-4-9(11,12)5-8(6-10)7(2)3/h7-8H,4-6H2,1-3H3. The van der Waals surface area contributed by atoms with Crippen LogP contribution in [-0.4, -0.2) is 11.8 Å². The summed E-state index contributed by atoms with van der Waals surface area (Å²) >= 11 is 5.59. The van der Waals surface area contributed by atoms with Gasteiger partial charge in [0.1, 0.15) is 0 Å². The molecule has 0 amide bonds. The van der Waals surface area contributed by atoms with E-state index in [0.717, 1.165) is 0 Å². The molecule has 0 aromatic carbocycles. The number of alkyl halides is 3. The molecule has 0 radical (unpaired) electrons. The van der Waals surface area contributed by atoms with Gasteiger partial charge in [-0.15, -0.1) is 11.6 Å². The Morgan fingerprint density at radius 2 is 1.83 bits per heavy atom. The highest BCUT2D eigenvalue weighted by Gasteiger charge is 2.31. The SMILES string of the molecule is CCC(F)(F)CC(CCl)C(C)C. The van der Waals surface area contributed by atoms with Gasteiger partial charge in [0.25, 0.3) is 0 Å². The lowest BCUT2D eigenvalue weighted by Gasteiger charge is -2.23. The third-order valence-electron chi connectivity index (χ3n) is 2.22. The van der Waals surface area contributed by atoms with Gasteiger partial charge in [-0.3, -0.25) is 0 Å². The van der Waals surface area contributed by atoms with Crippen molar-refractivity contribution in [3.05, 3.63) is 0 Å². The minimum atomic E-state index is -2.54. The lowest BCUT2D eigenvalue weighted by molar-refractivity contribution is -0.0291. The van der Waals surface area contributed by atoms with Gasteiger partial charge in [0.2, 0.25) is 5.92 Å². The molecule has 74 valence electrons. The molecule has 1 atom stereocenters. The van der Waals surface area contributed by atoms with Crippen molar-refractivity contribution >= 4 is 11.6 Å². The van der Waals surface area contributed by atoms with Gasteiger partial charge in [-0.25, -0.2) is 8.78 Å². The maximum Gasteiger partial charge on any atom is 0.248 e. The summed E-state index contributed by atoms with van der Waals surface area (Å²) < 4.78 is 25.8. The van der Waals surface area contributed by atoms with Crippen molar-refractivity contribution in [2.45, 2.75) is 39.5 Å². The quantitative estimate of drug-likeness (QED) is 0.588. The first kappa shape index (κ1) is 12.2. The van der Waals surface area contributed by atoms with Crippen molar-refractivity contribution in [1.29, 1.82) is 0 Å². The van der Waals surface area contributed by atoms with E-state index < -0.39 is 5.92 Å². The Morgan fingerprint density at radius 1 is 1.33 bits per heavy atom. The number of hydrogen-bond acceptors (Lipinski definition) is 0. The van der Waals surface area contributed by atoms with E-state index in [2.05, 4.69) is 0 Å². The molecule has 3 heteroatoms. The number of hydrogen-bond donors (Lipinski definition) is 0. The van der Waals surface area contributed by atoms with Gasteiger partial charge in [0.15, 0.2) is 0 Å². The largest absolute Gasteiger partial charge is 0.248 e. The van der Waals surface area contributed by atoms with E-state index in [0.29, 0.717) is 5.88 Å². The van der Waals surface area contributed by atoms with Gasteiger partial charge >= 0.3 is 0 Å². The van der Waals surface area contributed by atoms with Gasteiger partial charge < -0.3 is 0 Å². The molecule has 0 aromatic heterocycles. The van der Waals surface area contributed by atoms with Crippen LogP contribution in [0.3, 0.4) is 0 Å². The predicted molar refractivity (Wildman–Crippen MR) is 48.9 cm³/mol. The average Bonchev–Trinajstić information content (AvgIpc) is 2.00. The second-order valence-electron chi connectivity index (χ2n) is 3.57. The second-order valence-corrected chi connectivity index (χ2v) is 3.88. The summed E-state index contributed by atoms with van der Waals surface area (Å²) in [5.74, 6) is -2.04. The monoisotopic (exact) mass is 198 g/mol. The highest BCUT2D eigenvalue weighted by atomic mass is 35.5. The molecule has 0 N–H and O–H groups in total. The van der Waals surface area contributed by atoms with E-state index in [1.165, 1.54) is 6.92 Å². The first-order valence-electron chi connectivity index (χ1n) is 4.36. The van der Waals surface area contributed by atoms with Gasteiger partial charge in [0.05, 0.1) is 0 Å². The molecule has 12 heavy (non-hydrogen) atoms. The zero-order valence-corrected chi connectivity index (χ0v) is 8.67. The lowest BCUT2D eigenvalue weighted by Crippen LogP contribution is -2.23. The molecular weight excluding hydrogens is 182 g/mol. The molecule has 0 nitrogen and oxygen atoms in total. The van der Waals surface area contributed by atoms with Crippen LogP contribution in [0.2, 0.25) is 0 Å². The zero-order chi connectivity index (χ0) is 9.78. The second kappa shape index (κ2) is 5.00. The van der Waals surface area contributed by atoms with Crippen molar-refractivity contribution < 1.29 is 8.78 Å². The van der Waals surface area contributed by atoms with Gasteiger partial charge in [-0.05, 0) is 11.8 Å². The van der Waals surface area contributed by atoms with Crippen LogP contribution in [0.1, 0.15) is 33.6 Å². The minimum Gasteiger partial charge on any atom is -0.207 e. The Labute approximate surface area is 78.3 Å². The van der Waals surface area contributed by atoms with Crippen LogP contribution in [-0.2, 0) is 0 Å². The molecule has 0 aliphatic heterocycles. The van der Waals surface area contributed by atoms with Crippen LogP contribution in [0.5, 0.6) is 0 Å². The molecule has 0 rings (SSSR count). The molecule has 0 aliphatic carbocycles. The predicted octanol–water partition coefficient (Wildman–Crippen LogP) is 3.93. The van der Waals surface area contributed by atoms with Gasteiger partial charge in [-0.2, -0.15) is 0 Å². The maximum atomic E-state index is 12.9. The van der Waals surface area contributed by atoms with Crippen LogP contribution >= 0.6 is 11.6 Å². The summed E-state index contributed by atoms with van der Waals surface area (Å²) in [5.41, 5.74) is 0. The van der Waals surface area contributed by atoms with Crippen LogP contribution in [0, 0.1) is 11.8 Å². The Hall–Kier alpha value is 0.150. The van der Waals surface area contributed by atoms with Crippen molar-refractivity contribution in [2.75, 3.05) is 5.88 Å². The topological polar surface area (TPSA) is 0 Å². The highest BCUT2D eigenvalue weighted by molar-refractivity contribution is 6.18. The average molecular weight is 199 g/mol. The van der Waals surface area contributed by atoms with Gasteiger partial charge in [0, 0.05) is 18.7 Å². The van der Waals surface area contributed by atoms with E-state index in [1.54, 1.807) is 0 Å². The van der Waals surface area contributed by atoms with Crippen LogP contribution in [0.4, 0.5) is 8.78 Å². The minimum absolute atomic E-state index is 0.0679. The van der Waals surface area contributed by atoms with Crippen LogP contribution in [0.15, 0.2) is 0 Å². The molecule has 0 saturated carbocycles. The van der Waals surface area contributed by atoms with E-state index in [-0.39, 0.29) is 24.7 Å². The fourth-order valence-electron chi connectivity index (χ4n) is 0.996.